The highest BCUT2D eigenvalue weighted by atomic mass is 79.9. The zero-order valence-corrected chi connectivity index (χ0v) is 15.7. The number of carbonyl (C=O) groups excluding carboxylic acids is 1. The standard InChI is InChI=1S/C17H19BrFN3O3/c1-17(2,3)25-16(24)21-13(8-4-5-8)14-20-12-7-10(18)11(19)6-9(12)15(23)22-14/h6-8,13H,4-5H2,1-3H3,(H,21,24)(H,20,22,23)/t13-/m1/s1. The molecule has 8 heteroatoms. The summed E-state index contributed by atoms with van der Waals surface area (Å²) in [6.07, 6.45) is 1.29. The molecule has 1 fully saturated rings. The van der Waals surface area contributed by atoms with Crippen molar-refractivity contribution >= 4 is 32.9 Å². The molecule has 3 rings (SSSR count). The van der Waals surface area contributed by atoms with Crippen LogP contribution in [0.3, 0.4) is 0 Å². The Balaban J connectivity index is 1.95. The molecule has 2 N–H and O–H groups in total. The van der Waals surface area contributed by atoms with Crippen molar-refractivity contribution < 1.29 is 13.9 Å². The highest BCUT2D eigenvalue weighted by molar-refractivity contribution is 9.10. The quantitative estimate of drug-likeness (QED) is 0.804. The van der Waals surface area contributed by atoms with E-state index in [9.17, 15) is 14.0 Å². The lowest BCUT2D eigenvalue weighted by atomic mass is 10.1. The lowest BCUT2D eigenvalue weighted by molar-refractivity contribution is 0.0494. The zero-order valence-electron chi connectivity index (χ0n) is 14.2. The summed E-state index contributed by atoms with van der Waals surface area (Å²) in [5, 5.41) is 2.95. The van der Waals surface area contributed by atoms with Crippen LogP contribution in [-0.2, 0) is 4.74 Å². The first-order valence-corrected chi connectivity index (χ1v) is 8.82. The summed E-state index contributed by atoms with van der Waals surface area (Å²) in [6.45, 7) is 5.34. The van der Waals surface area contributed by atoms with E-state index in [1.807, 2.05) is 0 Å². The number of benzene rings is 1. The molecular formula is C17H19BrFN3O3. The molecule has 6 nitrogen and oxygen atoms in total. The first-order valence-electron chi connectivity index (χ1n) is 8.02. The van der Waals surface area contributed by atoms with Gasteiger partial charge < -0.3 is 15.0 Å². The highest BCUT2D eigenvalue weighted by Crippen LogP contribution is 2.40. The second-order valence-electron chi connectivity index (χ2n) is 7.20. The summed E-state index contributed by atoms with van der Waals surface area (Å²) >= 11 is 3.10. The molecule has 2 aromatic rings. The van der Waals surface area contributed by atoms with Crippen molar-refractivity contribution in [2.75, 3.05) is 0 Å². The fraction of sp³-hybridized carbons (Fsp3) is 0.471. The number of hydrogen-bond donors (Lipinski definition) is 2. The van der Waals surface area contributed by atoms with E-state index in [2.05, 4.69) is 31.2 Å². The Labute approximate surface area is 152 Å². The van der Waals surface area contributed by atoms with E-state index in [0.29, 0.717) is 11.3 Å². The van der Waals surface area contributed by atoms with Gasteiger partial charge >= 0.3 is 6.09 Å². The molecule has 1 aliphatic carbocycles. The number of nitrogens with zero attached hydrogens (tertiary/aromatic N) is 1. The summed E-state index contributed by atoms with van der Waals surface area (Å²) in [7, 11) is 0. The molecule has 0 radical (unpaired) electrons. The largest absolute Gasteiger partial charge is 0.444 e. The minimum absolute atomic E-state index is 0.163. The van der Waals surface area contributed by atoms with E-state index in [1.54, 1.807) is 20.8 Å². The van der Waals surface area contributed by atoms with Crippen molar-refractivity contribution in [1.82, 2.24) is 15.3 Å². The van der Waals surface area contributed by atoms with Crippen molar-refractivity contribution in [1.29, 1.82) is 0 Å². The van der Waals surface area contributed by atoms with Crippen LogP contribution in [-0.4, -0.2) is 21.7 Å². The van der Waals surface area contributed by atoms with Crippen LogP contribution in [0.2, 0.25) is 0 Å². The number of alkyl carbamates (subject to hydrolysis) is 1. The lowest BCUT2D eigenvalue weighted by Crippen LogP contribution is -2.37. The Morgan fingerprint density at radius 2 is 2.12 bits per heavy atom. The van der Waals surface area contributed by atoms with Gasteiger partial charge in [0.2, 0.25) is 0 Å². The van der Waals surface area contributed by atoms with Crippen LogP contribution in [0.1, 0.15) is 45.5 Å². The third kappa shape index (κ3) is 4.18. The Morgan fingerprint density at radius 3 is 2.72 bits per heavy atom. The molecule has 1 aromatic carbocycles. The molecule has 1 aliphatic rings. The van der Waals surface area contributed by atoms with Gasteiger partial charge in [-0.05, 0) is 67.6 Å². The Bertz CT molecular complexity index is 887. The zero-order chi connectivity index (χ0) is 18.4. The first kappa shape index (κ1) is 17.8. The predicted octanol–water partition coefficient (Wildman–Crippen LogP) is 3.80. The minimum Gasteiger partial charge on any atom is -0.444 e. The Kier molecular flexibility index (Phi) is 4.57. The molecule has 134 valence electrons. The molecule has 0 saturated heterocycles. The average Bonchev–Trinajstić information content (AvgIpc) is 3.29. The van der Waals surface area contributed by atoms with Crippen molar-refractivity contribution in [2.24, 2.45) is 5.92 Å². The number of ether oxygens (including phenoxy) is 1. The van der Waals surface area contributed by atoms with E-state index < -0.39 is 29.1 Å². The van der Waals surface area contributed by atoms with Crippen LogP contribution in [0.25, 0.3) is 10.9 Å². The van der Waals surface area contributed by atoms with Crippen LogP contribution < -0.4 is 10.9 Å². The highest BCUT2D eigenvalue weighted by Gasteiger charge is 2.36. The van der Waals surface area contributed by atoms with Crippen LogP contribution in [0, 0.1) is 11.7 Å². The normalized spacial score (nSPS) is 15.9. The summed E-state index contributed by atoms with van der Waals surface area (Å²) < 4.78 is 19.2. The monoisotopic (exact) mass is 411 g/mol. The molecule has 0 bridgehead atoms. The molecule has 0 aliphatic heterocycles. The van der Waals surface area contributed by atoms with Gasteiger partial charge in [0.05, 0.1) is 21.4 Å². The Morgan fingerprint density at radius 1 is 1.44 bits per heavy atom. The molecule has 0 spiro atoms. The predicted molar refractivity (Wildman–Crippen MR) is 94.9 cm³/mol. The summed E-state index contributed by atoms with van der Waals surface area (Å²) in [5.41, 5.74) is -0.697. The van der Waals surface area contributed by atoms with Crippen LogP contribution in [0.5, 0.6) is 0 Å². The number of aromatic nitrogens is 2. The molecule has 1 saturated carbocycles. The van der Waals surface area contributed by atoms with Gasteiger partial charge in [-0.25, -0.2) is 14.2 Å². The number of amides is 1. The molecular weight excluding hydrogens is 393 g/mol. The first-order chi connectivity index (χ1) is 11.6. The number of hydrogen-bond acceptors (Lipinski definition) is 4. The average molecular weight is 412 g/mol. The maximum atomic E-state index is 13.7. The number of aromatic amines is 1. The molecule has 0 unspecified atom stereocenters. The fourth-order valence-electron chi connectivity index (χ4n) is 2.57. The molecule has 1 amide bonds. The maximum absolute atomic E-state index is 13.7. The fourth-order valence-corrected chi connectivity index (χ4v) is 2.90. The SMILES string of the molecule is CC(C)(C)OC(=O)N[C@@H](c1nc2cc(Br)c(F)cc2c(=O)[nH]1)C1CC1. The van der Waals surface area contributed by atoms with Crippen LogP contribution in [0.15, 0.2) is 21.4 Å². The Hall–Kier alpha value is -1.96. The topological polar surface area (TPSA) is 84.1 Å². The van der Waals surface area contributed by atoms with Gasteiger partial charge in [-0.1, -0.05) is 0 Å². The summed E-state index contributed by atoms with van der Waals surface area (Å²) in [6, 6.07) is 2.15. The van der Waals surface area contributed by atoms with Crippen LogP contribution >= 0.6 is 15.9 Å². The second-order valence-corrected chi connectivity index (χ2v) is 8.05. The van der Waals surface area contributed by atoms with E-state index in [4.69, 9.17) is 4.74 Å². The number of H-pyrrole nitrogens is 1. The van der Waals surface area contributed by atoms with Gasteiger partial charge in [-0.3, -0.25) is 4.79 Å². The molecule has 25 heavy (non-hydrogen) atoms. The van der Waals surface area contributed by atoms with Gasteiger partial charge in [0, 0.05) is 0 Å². The van der Waals surface area contributed by atoms with Crippen molar-refractivity contribution in [3.8, 4) is 0 Å². The lowest BCUT2D eigenvalue weighted by Gasteiger charge is -2.23. The van der Waals surface area contributed by atoms with Crippen molar-refractivity contribution in [3.05, 3.63) is 38.6 Å². The van der Waals surface area contributed by atoms with Crippen molar-refractivity contribution in [2.45, 2.75) is 45.3 Å². The number of rotatable bonds is 3. The van der Waals surface area contributed by atoms with Gasteiger partial charge in [0.25, 0.3) is 5.56 Å². The minimum atomic E-state index is -0.620. The number of fused-ring (bicyclic) bond motifs is 1. The number of nitrogens with one attached hydrogen (secondary N) is 2. The maximum Gasteiger partial charge on any atom is 0.408 e. The third-order valence-corrected chi connectivity index (χ3v) is 4.43. The van der Waals surface area contributed by atoms with E-state index in [-0.39, 0.29) is 15.8 Å². The van der Waals surface area contributed by atoms with Crippen LogP contribution in [0.4, 0.5) is 9.18 Å². The molecule has 1 heterocycles. The molecule has 1 atom stereocenters. The summed E-state index contributed by atoms with van der Waals surface area (Å²) in [5.74, 6) is 0.0135. The van der Waals surface area contributed by atoms with E-state index in [0.717, 1.165) is 18.9 Å². The van der Waals surface area contributed by atoms with Gasteiger partial charge in [-0.2, -0.15) is 0 Å². The molecule has 1 aromatic heterocycles. The smallest absolute Gasteiger partial charge is 0.408 e. The second kappa shape index (κ2) is 6.40. The van der Waals surface area contributed by atoms with E-state index in [1.165, 1.54) is 6.07 Å². The van der Waals surface area contributed by atoms with Gasteiger partial charge in [-0.15, -0.1) is 0 Å². The summed E-state index contributed by atoms with van der Waals surface area (Å²) in [4.78, 5) is 31.5. The third-order valence-electron chi connectivity index (χ3n) is 3.83. The number of halogens is 2. The number of carbonyl (C=O) groups is 1. The van der Waals surface area contributed by atoms with Crippen molar-refractivity contribution in [3.63, 3.8) is 0 Å². The van der Waals surface area contributed by atoms with Gasteiger partial charge in [0.15, 0.2) is 0 Å². The van der Waals surface area contributed by atoms with E-state index >= 15 is 0 Å². The van der Waals surface area contributed by atoms with Gasteiger partial charge in [0.1, 0.15) is 17.2 Å².